The molecule has 0 atom stereocenters. The Labute approximate surface area is 155 Å². The molecular formula is C16H17BrIN3O. The van der Waals surface area contributed by atoms with Crippen LogP contribution in [0, 0.1) is 0 Å². The molecule has 4 nitrogen and oxygen atoms in total. The number of imidazole rings is 1. The second kappa shape index (κ2) is 7.32. The molecule has 116 valence electrons. The van der Waals surface area contributed by atoms with Crippen LogP contribution in [-0.4, -0.2) is 11.2 Å². The number of halogens is 2. The molecule has 0 aliphatic carbocycles. The van der Waals surface area contributed by atoms with Crippen molar-refractivity contribution in [1.82, 2.24) is 4.57 Å². The zero-order chi connectivity index (χ0) is 14.8. The monoisotopic (exact) mass is 473 g/mol. The van der Waals surface area contributed by atoms with E-state index in [-0.39, 0.29) is 24.0 Å². The van der Waals surface area contributed by atoms with E-state index in [0.29, 0.717) is 13.2 Å². The highest BCUT2D eigenvalue weighted by Crippen LogP contribution is 2.17. The third-order valence-electron chi connectivity index (χ3n) is 3.55. The van der Waals surface area contributed by atoms with E-state index in [4.69, 9.17) is 10.5 Å². The van der Waals surface area contributed by atoms with Gasteiger partial charge in [0.25, 0.3) is 0 Å². The van der Waals surface area contributed by atoms with Crippen LogP contribution in [0.25, 0.3) is 11.0 Å². The predicted octanol–water partition coefficient (Wildman–Crippen LogP) is -0.106. The number of benzene rings is 2. The predicted molar refractivity (Wildman–Crippen MR) is 87.2 cm³/mol. The van der Waals surface area contributed by atoms with Crippen LogP contribution in [0.1, 0.15) is 0 Å². The summed E-state index contributed by atoms with van der Waals surface area (Å²) in [4.78, 5) is 0. The lowest BCUT2D eigenvalue weighted by Crippen LogP contribution is -3.00. The van der Waals surface area contributed by atoms with Crippen molar-refractivity contribution in [2.75, 3.05) is 12.3 Å². The molecule has 1 heterocycles. The van der Waals surface area contributed by atoms with Crippen molar-refractivity contribution in [3.63, 3.8) is 0 Å². The second-order valence-corrected chi connectivity index (χ2v) is 5.78. The van der Waals surface area contributed by atoms with Gasteiger partial charge in [-0.1, -0.05) is 28.1 Å². The number of nitrogen functional groups attached to an aromatic ring is 1. The SMILES string of the molecule is C[n+]1c(N)n(CCOc2ccc(Br)cc2)c2ccccc21.[I-]. The third-order valence-corrected chi connectivity index (χ3v) is 4.08. The van der Waals surface area contributed by atoms with Crippen LogP contribution in [0.2, 0.25) is 0 Å². The first-order chi connectivity index (χ1) is 10.2. The zero-order valence-corrected chi connectivity index (χ0v) is 15.9. The van der Waals surface area contributed by atoms with Crippen molar-refractivity contribution in [2.24, 2.45) is 7.05 Å². The summed E-state index contributed by atoms with van der Waals surface area (Å²) in [6.07, 6.45) is 0. The lowest BCUT2D eigenvalue weighted by atomic mass is 10.3. The lowest BCUT2D eigenvalue weighted by molar-refractivity contribution is -0.630. The summed E-state index contributed by atoms with van der Waals surface area (Å²) >= 11 is 3.41. The molecule has 0 saturated heterocycles. The standard InChI is InChI=1S/C16H16BrN3O.HI/c1-19-14-4-2-3-5-15(14)20(16(19)18)10-11-21-13-8-6-12(17)7-9-13;/h2-9,18H,10-11H2,1H3;1H. The molecule has 6 heteroatoms. The molecule has 3 aromatic rings. The van der Waals surface area contributed by atoms with Gasteiger partial charge in [-0.2, -0.15) is 0 Å². The van der Waals surface area contributed by atoms with Crippen LogP contribution >= 0.6 is 15.9 Å². The number of ether oxygens (including phenoxy) is 1. The minimum absolute atomic E-state index is 0. The Balaban J connectivity index is 0.00000176. The molecule has 2 N–H and O–H groups in total. The summed E-state index contributed by atoms with van der Waals surface area (Å²) in [7, 11) is 1.98. The molecule has 0 aliphatic rings. The normalized spacial score (nSPS) is 10.5. The van der Waals surface area contributed by atoms with Gasteiger partial charge < -0.3 is 28.7 Å². The highest BCUT2D eigenvalue weighted by Gasteiger charge is 2.17. The van der Waals surface area contributed by atoms with Crippen LogP contribution < -0.4 is 39.0 Å². The van der Waals surface area contributed by atoms with E-state index in [1.807, 2.05) is 48.0 Å². The van der Waals surface area contributed by atoms with Crippen LogP contribution in [0.4, 0.5) is 5.95 Å². The van der Waals surface area contributed by atoms with E-state index in [1.54, 1.807) is 0 Å². The van der Waals surface area contributed by atoms with Gasteiger partial charge in [0.15, 0.2) is 0 Å². The molecule has 22 heavy (non-hydrogen) atoms. The van der Waals surface area contributed by atoms with E-state index in [9.17, 15) is 0 Å². The second-order valence-electron chi connectivity index (χ2n) is 4.86. The number of nitrogens with two attached hydrogens (primary N) is 1. The molecule has 0 fully saturated rings. The number of fused-ring (bicyclic) bond motifs is 1. The molecule has 0 saturated carbocycles. The van der Waals surface area contributed by atoms with Crippen molar-refractivity contribution in [3.8, 4) is 5.75 Å². The summed E-state index contributed by atoms with van der Waals surface area (Å²) in [6.45, 7) is 1.29. The van der Waals surface area contributed by atoms with Crippen molar-refractivity contribution in [1.29, 1.82) is 0 Å². The number of para-hydroxylation sites is 2. The fraction of sp³-hybridized carbons (Fsp3) is 0.188. The third kappa shape index (κ3) is 3.38. The smallest absolute Gasteiger partial charge is 0.355 e. The first-order valence-corrected chi connectivity index (χ1v) is 7.57. The van der Waals surface area contributed by atoms with E-state index in [1.165, 1.54) is 0 Å². The van der Waals surface area contributed by atoms with Gasteiger partial charge in [0.05, 0.1) is 7.05 Å². The quantitative estimate of drug-likeness (QED) is 0.424. The number of nitrogens with zero attached hydrogens (tertiary/aromatic N) is 2. The average molecular weight is 474 g/mol. The Hall–Kier alpha value is -1.28. The Kier molecular flexibility index (Phi) is 5.69. The summed E-state index contributed by atoms with van der Waals surface area (Å²) in [5, 5.41) is 0. The molecule has 2 aromatic carbocycles. The number of aryl methyl sites for hydroxylation is 1. The van der Waals surface area contributed by atoms with Crippen LogP contribution in [0.3, 0.4) is 0 Å². The zero-order valence-electron chi connectivity index (χ0n) is 12.2. The minimum Gasteiger partial charge on any atom is -1.00 e. The van der Waals surface area contributed by atoms with Gasteiger partial charge in [-0.3, -0.25) is 5.73 Å². The maximum Gasteiger partial charge on any atom is 0.355 e. The fourth-order valence-corrected chi connectivity index (χ4v) is 2.69. The number of hydrogen-bond donors (Lipinski definition) is 1. The molecule has 0 bridgehead atoms. The van der Waals surface area contributed by atoms with Gasteiger partial charge in [0.1, 0.15) is 29.9 Å². The Morgan fingerprint density at radius 2 is 1.82 bits per heavy atom. The highest BCUT2D eigenvalue weighted by atomic mass is 127. The maximum atomic E-state index is 6.18. The molecule has 0 amide bonds. The molecule has 0 unspecified atom stereocenters. The van der Waals surface area contributed by atoms with Gasteiger partial charge in [0, 0.05) is 4.47 Å². The summed E-state index contributed by atoms with van der Waals surface area (Å²) in [5.74, 6) is 1.59. The molecule has 3 rings (SSSR count). The molecule has 1 aromatic heterocycles. The van der Waals surface area contributed by atoms with Crippen molar-refractivity contribution in [3.05, 3.63) is 53.0 Å². The number of hydrogen-bond acceptors (Lipinski definition) is 2. The van der Waals surface area contributed by atoms with E-state index < -0.39 is 0 Å². The molecule has 0 radical (unpaired) electrons. The van der Waals surface area contributed by atoms with Crippen molar-refractivity contribution >= 4 is 32.9 Å². The first kappa shape index (κ1) is 17.1. The largest absolute Gasteiger partial charge is 1.00 e. The van der Waals surface area contributed by atoms with Gasteiger partial charge in [-0.05, 0) is 36.4 Å². The van der Waals surface area contributed by atoms with Gasteiger partial charge in [-0.15, -0.1) is 0 Å². The summed E-state index contributed by atoms with van der Waals surface area (Å²) < 4.78 is 10.9. The number of rotatable bonds is 4. The van der Waals surface area contributed by atoms with Crippen molar-refractivity contribution in [2.45, 2.75) is 6.54 Å². The Bertz CT molecular complexity index is 771. The van der Waals surface area contributed by atoms with E-state index in [2.05, 4.69) is 32.6 Å². The lowest BCUT2D eigenvalue weighted by Gasteiger charge is -2.06. The average Bonchev–Trinajstić information content (AvgIpc) is 2.75. The Morgan fingerprint density at radius 3 is 2.55 bits per heavy atom. The first-order valence-electron chi connectivity index (χ1n) is 6.78. The highest BCUT2D eigenvalue weighted by molar-refractivity contribution is 9.10. The van der Waals surface area contributed by atoms with Crippen LogP contribution in [-0.2, 0) is 13.6 Å². The molecular weight excluding hydrogens is 457 g/mol. The molecule has 0 aliphatic heterocycles. The van der Waals surface area contributed by atoms with Crippen LogP contribution in [0.5, 0.6) is 5.75 Å². The van der Waals surface area contributed by atoms with E-state index >= 15 is 0 Å². The summed E-state index contributed by atoms with van der Waals surface area (Å²) in [5.41, 5.74) is 8.42. The topological polar surface area (TPSA) is 44.1 Å². The Morgan fingerprint density at radius 1 is 1.14 bits per heavy atom. The number of aromatic nitrogens is 2. The van der Waals surface area contributed by atoms with Gasteiger partial charge in [0.2, 0.25) is 0 Å². The van der Waals surface area contributed by atoms with Crippen LogP contribution in [0.15, 0.2) is 53.0 Å². The van der Waals surface area contributed by atoms with E-state index in [0.717, 1.165) is 27.2 Å². The maximum absolute atomic E-state index is 6.18. The van der Waals surface area contributed by atoms with Gasteiger partial charge in [-0.25, -0.2) is 9.13 Å². The minimum atomic E-state index is 0. The number of anilines is 1. The van der Waals surface area contributed by atoms with Gasteiger partial charge >= 0.3 is 5.95 Å². The summed E-state index contributed by atoms with van der Waals surface area (Å²) in [6, 6.07) is 16.0. The fourth-order valence-electron chi connectivity index (χ4n) is 2.42. The van der Waals surface area contributed by atoms with Crippen molar-refractivity contribution < 1.29 is 33.3 Å². The molecule has 0 spiro atoms.